The summed E-state index contributed by atoms with van der Waals surface area (Å²) in [7, 11) is 0. The molecule has 0 saturated heterocycles. The molecule has 4 aromatic rings. The quantitative estimate of drug-likeness (QED) is 0.143. The summed E-state index contributed by atoms with van der Waals surface area (Å²) in [5.74, 6) is -3.58. The Labute approximate surface area is 281 Å². The van der Waals surface area contributed by atoms with Gasteiger partial charge in [-0.25, -0.2) is 0 Å². The van der Waals surface area contributed by atoms with Gasteiger partial charge in [0.1, 0.15) is 28.9 Å². The van der Waals surface area contributed by atoms with Crippen molar-refractivity contribution in [2.24, 2.45) is 11.8 Å². The topological polar surface area (TPSA) is 123 Å². The van der Waals surface area contributed by atoms with Crippen LogP contribution in [0.25, 0.3) is 0 Å². The van der Waals surface area contributed by atoms with E-state index in [9.17, 15) is 19.5 Å². The molecule has 0 aliphatic heterocycles. The zero-order chi connectivity index (χ0) is 34.1. The van der Waals surface area contributed by atoms with Gasteiger partial charge < -0.3 is 30.0 Å². The number of ketones is 1. The Morgan fingerprint density at radius 1 is 0.750 bits per heavy atom. The second-order valence-corrected chi connectivity index (χ2v) is 12.0. The fourth-order valence-corrected chi connectivity index (χ4v) is 6.33. The highest BCUT2D eigenvalue weighted by Crippen LogP contribution is 2.47. The number of para-hydroxylation sites is 4. The van der Waals surface area contributed by atoms with Crippen LogP contribution in [-0.2, 0) is 20.8 Å². The largest absolute Gasteiger partial charge is 0.493 e. The number of carbonyl (C=O) groups is 3. The molecule has 9 heteroatoms. The third-order valence-corrected chi connectivity index (χ3v) is 8.49. The first-order valence-electron chi connectivity index (χ1n) is 16.3. The summed E-state index contributed by atoms with van der Waals surface area (Å²) >= 11 is 0. The van der Waals surface area contributed by atoms with Gasteiger partial charge in [0.05, 0.1) is 42.7 Å². The second kappa shape index (κ2) is 15.6. The van der Waals surface area contributed by atoms with Crippen LogP contribution in [-0.4, -0.2) is 48.1 Å². The van der Waals surface area contributed by atoms with Crippen molar-refractivity contribution in [3.63, 3.8) is 0 Å². The van der Waals surface area contributed by atoms with Gasteiger partial charge in [0.15, 0.2) is 0 Å². The van der Waals surface area contributed by atoms with Crippen LogP contribution in [0.3, 0.4) is 0 Å². The molecule has 4 aromatic carbocycles. The molecule has 9 nitrogen and oxygen atoms in total. The number of amides is 2. The highest BCUT2D eigenvalue weighted by Gasteiger charge is 2.56. The van der Waals surface area contributed by atoms with Crippen molar-refractivity contribution in [2.45, 2.75) is 45.1 Å². The van der Waals surface area contributed by atoms with E-state index in [2.05, 4.69) is 10.6 Å². The average molecular weight is 651 g/mol. The van der Waals surface area contributed by atoms with Gasteiger partial charge in [0, 0.05) is 18.8 Å². The second-order valence-electron chi connectivity index (χ2n) is 12.0. The first-order chi connectivity index (χ1) is 23.2. The minimum atomic E-state index is -1.77. The van der Waals surface area contributed by atoms with E-state index in [1.807, 2.05) is 44.2 Å². The van der Waals surface area contributed by atoms with Crippen LogP contribution in [0.15, 0.2) is 103 Å². The molecule has 48 heavy (non-hydrogen) atoms. The minimum absolute atomic E-state index is 0.381. The molecule has 0 spiro atoms. The molecule has 4 unspecified atom stereocenters. The monoisotopic (exact) mass is 650 g/mol. The number of hydrogen-bond donors (Lipinski definition) is 3. The zero-order valence-corrected chi connectivity index (χ0v) is 27.5. The number of benzene rings is 4. The van der Waals surface area contributed by atoms with Gasteiger partial charge in [-0.3, -0.25) is 14.4 Å². The molecule has 1 aliphatic rings. The Balaban J connectivity index is 1.49. The van der Waals surface area contributed by atoms with Crippen molar-refractivity contribution >= 4 is 29.0 Å². The summed E-state index contributed by atoms with van der Waals surface area (Å²) in [5.41, 5.74) is 0.746. The molecule has 2 amide bonds. The number of hydrogen-bond acceptors (Lipinski definition) is 7. The Morgan fingerprint density at radius 2 is 1.29 bits per heavy atom. The van der Waals surface area contributed by atoms with Crippen LogP contribution in [0.1, 0.15) is 44.2 Å². The lowest BCUT2D eigenvalue weighted by Gasteiger charge is -2.44. The maximum Gasteiger partial charge on any atom is 0.235 e. The van der Waals surface area contributed by atoms with Crippen molar-refractivity contribution in [2.75, 3.05) is 30.5 Å². The first-order valence-corrected chi connectivity index (χ1v) is 16.3. The van der Waals surface area contributed by atoms with Crippen LogP contribution in [0.5, 0.6) is 17.2 Å². The van der Waals surface area contributed by atoms with E-state index in [4.69, 9.17) is 14.2 Å². The Hall–Kier alpha value is -5.15. The van der Waals surface area contributed by atoms with Crippen molar-refractivity contribution < 1.29 is 33.7 Å². The van der Waals surface area contributed by atoms with Crippen molar-refractivity contribution in [1.29, 1.82) is 0 Å². The SMILES string of the molecule is CCOc1ccccc1NC(=O)C1C(=O)CC(C)(O)C(C(=O)Nc2ccccc2OCC)C1c1ccc(OCCc2ccccc2)cc1. The molecule has 1 aliphatic carbocycles. The van der Waals surface area contributed by atoms with E-state index < -0.39 is 41.0 Å². The van der Waals surface area contributed by atoms with E-state index in [1.54, 1.807) is 72.8 Å². The van der Waals surface area contributed by atoms with Gasteiger partial charge >= 0.3 is 0 Å². The van der Waals surface area contributed by atoms with Crippen molar-refractivity contribution in [3.05, 3.63) is 114 Å². The Morgan fingerprint density at radius 3 is 1.88 bits per heavy atom. The molecule has 0 heterocycles. The van der Waals surface area contributed by atoms with Gasteiger partial charge in [-0.2, -0.15) is 0 Å². The summed E-state index contributed by atoms with van der Waals surface area (Å²) in [4.78, 5) is 42.1. The summed E-state index contributed by atoms with van der Waals surface area (Å²) in [5, 5.41) is 17.5. The predicted octanol–water partition coefficient (Wildman–Crippen LogP) is 6.42. The Kier molecular flexibility index (Phi) is 11.1. The fraction of sp³-hybridized carbons (Fsp3) is 0.308. The molecular weight excluding hydrogens is 608 g/mol. The number of nitrogens with one attached hydrogen (secondary N) is 2. The van der Waals surface area contributed by atoms with Gasteiger partial charge in [0.2, 0.25) is 11.8 Å². The summed E-state index contributed by atoms with van der Waals surface area (Å²) < 4.78 is 17.4. The maximum atomic E-state index is 14.2. The van der Waals surface area contributed by atoms with Crippen LogP contribution in [0.4, 0.5) is 11.4 Å². The molecule has 0 bridgehead atoms. The molecular formula is C39H42N2O7. The lowest BCUT2D eigenvalue weighted by atomic mass is 9.61. The first kappa shape index (κ1) is 34.2. The number of carbonyl (C=O) groups excluding carboxylic acids is 3. The van der Waals surface area contributed by atoms with E-state index in [1.165, 1.54) is 6.92 Å². The smallest absolute Gasteiger partial charge is 0.235 e. The van der Waals surface area contributed by atoms with Crippen molar-refractivity contribution in [1.82, 2.24) is 0 Å². The summed E-state index contributed by atoms with van der Waals surface area (Å²) in [6, 6.07) is 31.0. The van der Waals surface area contributed by atoms with Crippen LogP contribution >= 0.6 is 0 Å². The third kappa shape index (κ3) is 8.04. The van der Waals surface area contributed by atoms with Gasteiger partial charge in [-0.1, -0.05) is 66.7 Å². The summed E-state index contributed by atoms with van der Waals surface area (Å²) in [6.45, 7) is 6.37. The maximum absolute atomic E-state index is 14.2. The van der Waals surface area contributed by atoms with Crippen molar-refractivity contribution in [3.8, 4) is 17.2 Å². The standard InChI is InChI=1S/C39H42N2O7/c1-4-46-32-17-11-9-15-29(32)40-37(43)35-31(42)25-39(3,45)36(38(44)41-30-16-10-12-18-33(30)47-5-2)34(35)27-19-21-28(22-20-27)48-24-23-26-13-7-6-8-14-26/h6-22,34-36,45H,4-5,23-25H2,1-3H3,(H,40,43)(H,41,44). The highest BCUT2D eigenvalue weighted by molar-refractivity contribution is 6.11. The van der Waals surface area contributed by atoms with E-state index in [-0.39, 0.29) is 6.42 Å². The lowest BCUT2D eigenvalue weighted by Crippen LogP contribution is -2.56. The number of ether oxygens (including phenoxy) is 3. The molecule has 4 atom stereocenters. The third-order valence-electron chi connectivity index (χ3n) is 8.49. The zero-order valence-electron chi connectivity index (χ0n) is 27.5. The van der Waals surface area contributed by atoms with Crippen LogP contribution in [0, 0.1) is 11.8 Å². The van der Waals surface area contributed by atoms with E-state index in [0.29, 0.717) is 54.0 Å². The fourth-order valence-electron chi connectivity index (χ4n) is 6.33. The van der Waals surface area contributed by atoms with E-state index >= 15 is 0 Å². The molecule has 0 aromatic heterocycles. The highest BCUT2D eigenvalue weighted by atomic mass is 16.5. The number of aliphatic hydroxyl groups is 1. The Bertz CT molecular complexity index is 1710. The normalized spacial score (nSPS) is 20.4. The number of rotatable bonds is 13. The number of anilines is 2. The van der Waals surface area contributed by atoms with Gasteiger partial charge in [-0.15, -0.1) is 0 Å². The molecule has 250 valence electrons. The average Bonchev–Trinajstić information content (AvgIpc) is 3.07. The number of Topliss-reactive ketones (excluding diaryl/α,β-unsaturated/α-hetero) is 1. The van der Waals surface area contributed by atoms with E-state index in [0.717, 1.165) is 12.0 Å². The van der Waals surface area contributed by atoms with Gasteiger partial charge in [0.25, 0.3) is 0 Å². The van der Waals surface area contributed by atoms with Gasteiger partial charge in [-0.05, 0) is 68.3 Å². The molecule has 5 rings (SSSR count). The predicted molar refractivity (Wildman–Crippen MR) is 185 cm³/mol. The minimum Gasteiger partial charge on any atom is -0.493 e. The molecule has 1 fully saturated rings. The molecule has 0 radical (unpaired) electrons. The molecule has 3 N–H and O–H groups in total. The molecule has 1 saturated carbocycles. The lowest BCUT2D eigenvalue weighted by molar-refractivity contribution is -0.150. The van der Waals surface area contributed by atoms with Crippen LogP contribution < -0.4 is 24.8 Å². The van der Waals surface area contributed by atoms with Crippen LogP contribution in [0.2, 0.25) is 0 Å². The summed E-state index contributed by atoms with van der Waals surface area (Å²) in [6.07, 6.45) is 0.333.